The van der Waals surface area contributed by atoms with E-state index in [1.165, 1.54) is 0 Å². The van der Waals surface area contributed by atoms with E-state index < -0.39 is 6.43 Å². The summed E-state index contributed by atoms with van der Waals surface area (Å²) in [7, 11) is 0. The highest BCUT2D eigenvalue weighted by Gasteiger charge is 2.05. The van der Waals surface area contributed by atoms with Crippen LogP contribution in [0.1, 0.15) is 19.8 Å². The van der Waals surface area contributed by atoms with Crippen LogP contribution in [-0.4, -0.2) is 32.3 Å². The summed E-state index contributed by atoms with van der Waals surface area (Å²) >= 11 is 0. The molecule has 0 fully saturated rings. The van der Waals surface area contributed by atoms with Crippen molar-refractivity contribution in [2.45, 2.75) is 32.2 Å². The number of halogens is 2. The number of hydrogen-bond acceptors (Lipinski definition) is 2. The monoisotopic (exact) mass is 178 g/mol. The lowest BCUT2D eigenvalue weighted by atomic mass is 10.2. The molecule has 0 saturated heterocycles. The minimum atomic E-state index is -2.22. The van der Waals surface area contributed by atoms with Gasteiger partial charge in [-0.25, -0.2) is 8.78 Å². The van der Waals surface area contributed by atoms with Crippen molar-refractivity contribution >= 4 is 6.72 Å². The van der Waals surface area contributed by atoms with Crippen LogP contribution in [-0.2, 0) is 0 Å². The molecule has 0 unspecified atom stereocenters. The third kappa shape index (κ3) is 6.22. The largest absolute Gasteiger partial charge is 0.312 e. The van der Waals surface area contributed by atoms with Crippen LogP contribution in [0, 0.1) is 0 Å². The molecule has 4 heteroatoms. The van der Waals surface area contributed by atoms with Gasteiger partial charge in [0.25, 0.3) is 0 Å². The van der Waals surface area contributed by atoms with Crippen molar-refractivity contribution in [3.63, 3.8) is 0 Å². The Balaban J connectivity index is 3.37. The summed E-state index contributed by atoms with van der Waals surface area (Å²) in [5.74, 6) is 0. The average Bonchev–Trinajstić information content (AvgIpc) is 2.02. The summed E-state index contributed by atoms with van der Waals surface area (Å²) in [4.78, 5) is 3.70. The van der Waals surface area contributed by atoms with Crippen molar-refractivity contribution < 1.29 is 8.78 Å². The molecule has 0 aromatic carbocycles. The van der Waals surface area contributed by atoms with Gasteiger partial charge >= 0.3 is 0 Å². The van der Waals surface area contributed by atoms with Crippen molar-refractivity contribution in [3.8, 4) is 0 Å². The van der Waals surface area contributed by atoms with E-state index in [1.54, 1.807) is 0 Å². The molecule has 12 heavy (non-hydrogen) atoms. The van der Waals surface area contributed by atoms with Gasteiger partial charge in [-0.05, 0) is 13.1 Å². The zero-order valence-electron chi connectivity index (χ0n) is 7.39. The maximum absolute atomic E-state index is 11.7. The normalized spacial score (nSPS) is 13.3. The summed E-state index contributed by atoms with van der Waals surface area (Å²) in [6, 6.07) is 0.196. The number of nitrogens with one attached hydrogen (secondary N) is 1. The summed E-state index contributed by atoms with van der Waals surface area (Å²) in [6.45, 7) is 6.29. The maximum atomic E-state index is 11.7. The second-order valence-corrected chi connectivity index (χ2v) is 2.65. The Morgan fingerprint density at radius 1 is 1.50 bits per heavy atom. The van der Waals surface area contributed by atoms with Gasteiger partial charge in [-0.1, -0.05) is 6.92 Å². The third-order valence-electron chi connectivity index (χ3n) is 1.64. The number of hydrogen-bond donors (Lipinski definition) is 1. The van der Waals surface area contributed by atoms with Crippen LogP contribution in [0.5, 0.6) is 0 Å². The van der Waals surface area contributed by atoms with Crippen LogP contribution in [0.3, 0.4) is 0 Å². The van der Waals surface area contributed by atoms with Crippen molar-refractivity contribution in [1.29, 1.82) is 0 Å². The quantitative estimate of drug-likeness (QED) is 0.590. The van der Waals surface area contributed by atoms with Crippen molar-refractivity contribution in [1.82, 2.24) is 5.32 Å². The highest BCUT2D eigenvalue weighted by atomic mass is 19.3. The minimum absolute atomic E-state index is 0.0896. The highest BCUT2D eigenvalue weighted by molar-refractivity contribution is 5.23. The summed E-state index contributed by atoms with van der Waals surface area (Å²) in [6.07, 6.45) is -1.41. The lowest BCUT2D eigenvalue weighted by molar-refractivity contribution is 0.136. The van der Waals surface area contributed by atoms with Gasteiger partial charge in [0.2, 0.25) is 6.43 Å². The van der Waals surface area contributed by atoms with E-state index in [2.05, 4.69) is 17.0 Å². The summed E-state index contributed by atoms with van der Waals surface area (Å²) < 4.78 is 23.4. The SMILES string of the molecule is C=NC[C@@H](CC)NCCC(F)F. The van der Waals surface area contributed by atoms with E-state index in [-0.39, 0.29) is 12.5 Å². The fourth-order valence-corrected chi connectivity index (χ4v) is 0.890. The topological polar surface area (TPSA) is 24.4 Å². The summed E-state index contributed by atoms with van der Waals surface area (Å²) in [5.41, 5.74) is 0. The number of aliphatic imine (C=N–C) groups is 1. The number of alkyl halides is 2. The first kappa shape index (κ1) is 11.5. The highest BCUT2D eigenvalue weighted by Crippen LogP contribution is 1.98. The first-order valence-electron chi connectivity index (χ1n) is 4.14. The van der Waals surface area contributed by atoms with Crippen LogP contribution in [0.25, 0.3) is 0 Å². The second kappa shape index (κ2) is 7.16. The Hall–Kier alpha value is -0.510. The standard InChI is InChI=1S/C8H16F2N2/c1-3-7(6-11-2)12-5-4-8(9)10/h7-8,12H,2-6H2,1H3/t7-/m1/s1. The first-order valence-corrected chi connectivity index (χ1v) is 4.14. The zero-order chi connectivity index (χ0) is 9.40. The molecule has 0 aromatic rings. The molecule has 0 aliphatic rings. The van der Waals surface area contributed by atoms with Gasteiger partial charge in [-0.2, -0.15) is 0 Å². The van der Waals surface area contributed by atoms with E-state index in [4.69, 9.17) is 0 Å². The molecule has 0 rings (SSSR count). The smallest absolute Gasteiger partial charge is 0.239 e. The number of nitrogens with zero attached hydrogens (tertiary/aromatic N) is 1. The molecule has 0 bridgehead atoms. The van der Waals surface area contributed by atoms with Crippen LogP contribution >= 0.6 is 0 Å². The van der Waals surface area contributed by atoms with E-state index >= 15 is 0 Å². The van der Waals surface area contributed by atoms with Crippen LogP contribution in [0.2, 0.25) is 0 Å². The molecule has 0 heterocycles. The van der Waals surface area contributed by atoms with Gasteiger partial charge in [0, 0.05) is 19.0 Å². The van der Waals surface area contributed by atoms with Crippen molar-refractivity contribution in [2.24, 2.45) is 4.99 Å². The molecule has 0 amide bonds. The molecular weight excluding hydrogens is 162 g/mol. The summed E-state index contributed by atoms with van der Waals surface area (Å²) in [5, 5.41) is 2.99. The molecule has 72 valence electrons. The molecule has 0 aliphatic heterocycles. The van der Waals surface area contributed by atoms with Crippen LogP contribution in [0.15, 0.2) is 4.99 Å². The average molecular weight is 178 g/mol. The second-order valence-electron chi connectivity index (χ2n) is 2.65. The molecular formula is C8H16F2N2. The zero-order valence-corrected chi connectivity index (χ0v) is 7.39. The lowest BCUT2D eigenvalue weighted by Crippen LogP contribution is -2.32. The Kier molecular flexibility index (Phi) is 6.85. The van der Waals surface area contributed by atoms with E-state index in [1.807, 2.05) is 6.92 Å². The van der Waals surface area contributed by atoms with E-state index in [0.717, 1.165) is 6.42 Å². The van der Waals surface area contributed by atoms with E-state index in [0.29, 0.717) is 13.1 Å². The van der Waals surface area contributed by atoms with Crippen molar-refractivity contribution in [2.75, 3.05) is 13.1 Å². The van der Waals surface area contributed by atoms with E-state index in [9.17, 15) is 8.78 Å². The van der Waals surface area contributed by atoms with Gasteiger partial charge in [-0.15, -0.1) is 0 Å². The Labute approximate surface area is 72.1 Å². The Morgan fingerprint density at radius 3 is 2.58 bits per heavy atom. The van der Waals surface area contributed by atoms with Gasteiger partial charge in [0.1, 0.15) is 0 Å². The lowest BCUT2D eigenvalue weighted by Gasteiger charge is -2.13. The predicted octanol–water partition coefficient (Wildman–Crippen LogP) is 1.71. The van der Waals surface area contributed by atoms with Crippen LogP contribution < -0.4 is 5.32 Å². The maximum Gasteiger partial charge on any atom is 0.239 e. The van der Waals surface area contributed by atoms with Gasteiger partial charge in [0.05, 0.1) is 6.54 Å². The Morgan fingerprint density at radius 2 is 2.17 bits per heavy atom. The molecule has 2 nitrogen and oxygen atoms in total. The van der Waals surface area contributed by atoms with Gasteiger partial charge in [-0.3, -0.25) is 4.99 Å². The minimum Gasteiger partial charge on any atom is -0.312 e. The molecule has 0 aromatic heterocycles. The predicted molar refractivity (Wildman–Crippen MR) is 47.1 cm³/mol. The molecule has 0 spiro atoms. The van der Waals surface area contributed by atoms with Gasteiger partial charge < -0.3 is 5.32 Å². The molecule has 1 atom stereocenters. The molecule has 0 radical (unpaired) electrons. The molecule has 1 N–H and O–H groups in total. The fourth-order valence-electron chi connectivity index (χ4n) is 0.890. The first-order chi connectivity index (χ1) is 5.70. The fraction of sp³-hybridized carbons (Fsp3) is 0.875. The Bertz CT molecular complexity index is 118. The molecule has 0 aliphatic carbocycles. The van der Waals surface area contributed by atoms with Crippen LogP contribution in [0.4, 0.5) is 8.78 Å². The van der Waals surface area contributed by atoms with Gasteiger partial charge in [0.15, 0.2) is 0 Å². The third-order valence-corrected chi connectivity index (χ3v) is 1.64. The van der Waals surface area contributed by atoms with Crippen molar-refractivity contribution in [3.05, 3.63) is 0 Å². The number of rotatable bonds is 7. The molecule has 0 saturated carbocycles.